The molecule has 2 aromatic rings. The summed E-state index contributed by atoms with van der Waals surface area (Å²) in [5, 5.41) is 11.4. The third kappa shape index (κ3) is 5.92. The minimum Gasteiger partial charge on any atom is -0.478 e. The fourth-order valence-electron chi connectivity index (χ4n) is 2.56. The highest BCUT2D eigenvalue weighted by atomic mass is 32.2. The highest BCUT2D eigenvalue weighted by Gasteiger charge is 2.17. The molecule has 0 saturated carbocycles. The molecule has 144 valence electrons. The zero-order valence-electron chi connectivity index (χ0n) is 15.3. The lowest BCUT2D eigenvalue weighted by Gasteiger charge is -2.10. The molecular weight excluding hydrogens is 366 g/mol. The number of carboxylic acid groups (broad SMARTS) is 1. The van der Waals surface area contributed by atoms with Gasteiger partial charge in [-0.2, -0.15) is 0 Å². The van der Waals surface area contributed by atoms with Crippen molar-refractivity contribution in [2.24, 2.45) is 0 Å². The average Bonchev–Trinajstić information content (AvgIpc) is 2.60. The van der Waals surface area contributed by atoms with Crippen molar-refractivity contribution in [2.75, 3.05) is 5.32 Å². The van der Waals surface area contributed by atoms with E-state index in [9.17, 15) is 23.1 Å². The number of amides is 1. The number of rotatable bonds is 8. The van der Waals surface area contributed by atoms with E-state index < -0.39 is 21.1 Å². The van der Waals surface area contributed by atoms with Crippen LogP contribution in [0.4, 0.5) is 5.69 Å². The Labute approximate surface area is 159 Å². The first-order valence-corrected chi connectivity index (χ1v) is 10.3. The summed E-state index contributed by atoms with van der Waals surface area (Å²) >= 11 is 0. The van der Waals surface area contributed by atoms with Crippen molar-refractivity contribution < 1.29 is 23.1 Å². The third-order valence-corrected chi connectivity index (χ3v) is 6.34. The Morgan fingerprint density at radius 3 is 2.44 bits per heavy atom. The molecule has 7 heteroatoms. The topological polar surface area (TPSA) is 101 Å². The van der Waals surface area contributed by atoms with Crippen LogP contribution >= 0.6 is 0 Å². The van der Waals surface area contributed by atoms with E-state index in [0.29, 0.717) is 23.2 Å². The van der Waals surface area contributed by atoms with Crippen molar-refractivity contribution in [1.29, 1.82) is 0 Å². The molecule has 0 fully saturated rings. The SMILES string of the molecule is CC(C)S(=O)(=O)Cc1cccc(NC(=O)CCc2ccccc2C(=O)O)c1. The first-order chi connectivity index (χ1) is 12.7. The van der Waals surface area contributed by atoms with Crippen molar-refractivity contribution in [2.45, 2.75) is 37.7 Å². The van der Waals surface area contributed by atoms with Crippen LogP contribution in [0.25, 0.3) is 0 Å². The first kappa shape index (κ1) is 20.6. The van der Waals surface area contributed by atoms with E-state index in [2.05, 4.69) is 5.32 Å². The Morgan fingerprint density at radius 2 is 1.78 bits per heavy atom. The lowest BCUT2D eigenvalue weighted by atomic mass is 10.0. The van der Waals surface area contributed by atoms with Crippen molar-refractivity contribution >= 4 is 27.4 Å². The van der Waals surface area contributed by atoms with Crippen LogP contribution in [0.2, 0.25) is 0 Å². The van der Waals surface area contributed by atoms with E-state index in [1.165, 1.54) is 6.07 Å². The number of anilines is 1. The van der Waals surface area contributed by atoms with Gasteiger partial charge < -0.3 is 10.4 Å². The Balaban J connectivity index is 2.01. The van der Waals surface area contributed by atoms with Crippen LogP contribution in [-0.2, 0) is 26.8 Å². The van der Waals surface area contributed by atoms with Gasteiger partial charge in [-0.05, 0) is 49.6 Å². The molecule has 0 aliphatic rings. The lowest BCUT2D eigenvalue weighted by Crippen LogP contribution is -2.16. The molecule has 0 aliphatic carbocycles. The van der Waals surface area contributed by atoms with Crippen LogP contribution < -0.4 is 5.32 Å². The summed E-state index contributed by atoms with van der Waals surface area (Å²) < 4.78 is 24.1. The van der Waals surface area contributed by atoms with Crippen LogP contribution in [0.15, 0.2) is 48.5 Å². The van der Waals surface area contributed by atoms with Crippen LogP contribution in [0.3, 0.4) is 0 Å². The zero-order valence-corrected chi connectivity index (χ0v) is 16.1. The quantitative estimate of drug-likeness (QED) is 0.722. The molecule has 2 N–H and O–H groups in total. The number of benzene rings is 2. The molecule has 0 aliphatic heterocycles. The van der Waals surface area contributed by atoms with Crippen LogP contribution in [-0.4, -0.2) is 30.7 Å². The Bertz CT molecular complexity index is 935. The number of sulfone groups is 1. The smallest absolute Gasteiger partial charge is 0.335 e. The second kappa shape index (κ2) is 8.81. The van der Waals surface area contributed by atoms with Crippen molar-refractivity contribution in [1.82, 2.24) is 0 Å². The molecule has 2 aromatic carbocycles. The van der Waals surface area contributed by atoms with Crippen LogP contribution in [0, 0.1) is 0 Å². The van der Waals surface area contributed by atoms with Gasteiger partial charge in [0.05, 0.1) is 16.6 Å². The van der Waals surface area contributed by atoms with Gasteiger partial charge in [-0.15, -0.1) is 0 Å². The third-order valence-electron chi connectivity index (χ3n) is 4.17. The van der Waals surface area contributed by atoms with Crippen molar-refractivity contribution in [3.05, 3.63) is 65.2 Å². The predicted octanol–water partition coefficient (Wildman–Crippen LogP) is 3.28. The van der Waals surface area contributed by atoms with Gasteiger partial charge in [-0.1, -0.05) is 30.3 Å². The second-order valence-electron chi connectivity index (χ2n) is 6.57. The van der Waals surface area contributed by atoms with E-state index in [0.717, 1.165) is 0 Å². The number of carbonyl (C=O) groups excluding carboxylic acids is 1. The van der Waals surface area contributed by atoms with E-state index in [1.54, 1.807) is 56.3 Å². The fraction of sp³-hybridized carbons (Fsp3) is 0.300. The molecular formula is C20H23NO5S. The predicted molar refractivity (Wildman–Crippen MR) is 105 cm³/mol. The van der Waals surface area contributed by atoms with E-state index in [-0.39, 0.29) is 23.6 Å². The number of nitrogens with one attached hydrogen (secondary N) is 1. The largest absolute Gasteiger partial charge is 0.478 e. The Hall–Kier alpha value is -2.67. The van der Waals surface area contributed by atoms with E-state index in [1.807, 2.05) is 0 Å². The van der Waals surface area contributed by atoms with Crippen LogP contribution in [0.5, 0.6) is 0 Å². The van der Waals surface area contributed by atoms with Gasteiger partial charge in [0, 0.05) is 12.1 Å². The molecule has 0 unspecified atom stereocenters. The molecule has 27 heavy (non-hydrogen) atoms. The summed E-state index contributed by atoms with van der Waals surface area (Å²) in [6.45, 7) is 3.27. The minimum absolute atomic E-state index is 0.0830. The molecule has 0 aromatic heterocycles. The van der Waals surface area contributed by atoms with Crippen LogP contribution in [0.1, 0.15) is 41.8 Å². The summed E-state index contributed by atoms with van der Waals surface area (Å²) in [5.74, 6) is -1.37. The van der Waals surface area contributed by atoms with Gasteiger partial charge in [-0.25, -0.2) is 13.2 Å². The number of hydrogen-bond donors (Lipinski definition) is 2. The van der Waals surface area contributed by atoms with Gasteiger partial charge in [0.25, 0.3) is 0 Å². The number of carbonyl (C=O) groups is 2. The molecule has 0 spiro atoms. The number of hydrogen-bond acceptors (Lipinski definition) is 4. The molecule has 6 nitrogen and oxygen atoms in total. The summed E-state index contributed by atoms with van der Waals surface area (Å²) in [7, 11) is -3.22. The Kier molecular flexibility index (Phi) is 6.74. The number of carboxylic acids is 1. The molecule has 0 saturated heterocycles. The zero-order chi connectivity index (χ0) is 20.0. The van der Waals surface area contributed by atoms with E-state index >= 15 is 0 Å². The summed E-state index contributed by atoms with van der Waals surface area (Å²) in [6.07, 6.45) is 0.425. The summed E-state index contributed by atoms with van der Waals surface area (Å²) in [5.41, 5.74) is 1.91. The number of aromatic carboxylic acids is 1. The molecule has 0 bridgehead atoms. The van der Waals surface area contributed by atoms with Crippen molar-refractivity contribution in [3.63, 3.8) is 0 Å². The molecule has 0 radical (unpaired) electrons. The van der Waals surface area contributed by atoms with Gasteiger partial charge in [0.15, 0.2) is 9.84 Å². The van der Waals surface area contributed by atoms with Gasteiger partial charge in [0.1, 0.15) is 0 Å². The maximum atomic E-state index is 12.2. The normalized spacial score (nSPS) is 11.4. The first-order valence-electron chi connectivity index (χ1n) is 8.60. The van der Waals surface area contributed by atoms with Crippen molar-refractivity contribution in [3.8, 4) is 0 Å². The summed E-state index contributed by atoms with van der Waals surface area (Å²) in [6, 6.07) is 13.3. The highest BCUT2D eigenvalue weighted by molar-refractivity contribution is 7.91. The standard InChI is InChI=1S/C20H23NO5S/c1-14(2)27(25,26)13-15-6-5-8-17(12-15)21-19(22)11-10-16-7-3-4-9-18(16)20(23)24/h3-9,12,14H,10-11,13H2,1-2H3,(H,21,22)(H,23,24). The molecule has 2 rings (SSSR count). The lowest BCUT2D eigenvalue weighted by molar-refractivity contribution is -0.116. The van der Waals surface area contributed by atoms with Gasteiger partial charge in [0.2, 0.25) is 5.91 Å². The maximum Gasteiger partial charge on any atom is 0.335 e. The Morgan fingerprint density at radius 1 is 1.07 bits per heavy atom. The second-order valence-corrected chi connectivity index (χ2v) is 9.12. The molecule has 0 atom stereocenters. The molecule has 0 heterocycles. The van der Waals surface area contributed by atoms with Gasteiger partial charge in [-0.3, -0.25) is 4.79 Å². The molecule has 1 amide bonds. The average molecular weight is 389 g/mol. The monoisotopic (exact) mass is 389 g/mol. The summed E-state index contributed by atoms with van der Waals surface area (Å²) in [4.78, 5) is 23.4. The minimum atomic E-state index is -3.22. The van der Waals surface area contributed by atoms with E-state index in [4.69, 9.17) is 0 Å². The number of aryl methyl sites for hydroxylation is 1. The van der Waals surface area contributed by atoms with Gasteiger partial charge >= 0.3 is 5.97 Å². The maximum absolute atomic E-state index is 12.2. The highest BCUT2D eigenvalue weighted by Crippen LogP contribution is 2.17. The fourth-order valence-corrected chi connectivity index (χ4v) is 3.53.